The lowest BCUT2D eigenvalue weighted by Crippen LogP contribution is -2.51. The van der Waals surface area contributed by atoms with Crippen LogP contribution in [0.3, 0.4) is 0 Å². The zero-order chi connectivity index (χ0) is 43.2. The molecule has 0 aromatic heterocycles. The van der Waals surface area contributed by atoms with Crippen molar-refractivity contribution in [2.75, 3.05) is 73.2 Å². The average Bonchev–Trinajstić information content (AvgIpc) is 3.53. The number of hydrogen-bond acceptors (Lipinski definition) is 16. The lowest BCUT2D eigenvalue weighted by molar-refractivity contribution is -0.135. The molecule has 0 saturated heterocycles. The first kappa shape index (κ1) is 47.2. The lowest BCUT2D eigenvalue weighted by atomic mass is 9.98. The number of amidine groups is 1. The number of hydrogen-bond donors (Lipinski definition) is 9. The molecule has 0 saturated carbocycles. The number of aliphatic hydroxyl groups excluding tert-OH is 7. The number of amides is 3. The topological polar surface area (TPSA) is 269 Å². The van der Waals surface area contributed by atoms with Crippen molar-refractivity contribution in [1.82, 2.24) is 25.1 Å². The second-order valence-electron chi connectivity index (χ2n) is 15.0. The van der Waals surface area contributed by atoms with Crippen LogP contribution in [0.15, 0.2) is 53.7 Å². The average molecular weight is 833 g/mol. The van der Waals surface area contributed by atoms with Gasteiger partial charge in [0.15, 0.2) is 11.9 Å². The van der Waals surface area contributed by atoms with Crippen molar-refractivity contribution in [3.8, 4) is 11.1 Å². The van der Waals surface area contributed by atoms with Crippen LogP contribution in [0.4, 0.5) is 4.79 Å². The highest BCUT2D eigenvalue weighted by Gasteiger charge is 2.35. The molecule has 9 N–H and O–H groups in total. The van der Waals surface area contributed by atoms with E-state index in [4.69, 9.17) is 9.57 Å². The van der Waals surface area contributed by atoms with Crippen LogP contribution in [-0.4, -0.2) is 200 Å². The molecule has 0 bridgehead atoms. The molecular weight excluding hydrogens is 772 g/mol. The zero-order valence-corrected chi connectivity index (χ0v) is 33.8. The molecule has 1 heterocycles. The SMILES string of the molecule is CCN(C)C(=O)C1CCCN(CC(O)C(O)C(O)CCO)CC(O)C(C(O)CCO)ON=C(CN(O)C(=O)OCC2c3ccccc3-c3ccccc32)N(C)CC(=O)N1. The minimum absolute atomic E-state index is 0.0866. The van der Waals surface area contributed by atoms with Gasteiger partial charge in [0.25, 0.3) is 0 Å². The Kier molecular flexibility index (Phi) is 18.3. The van der Waals surface area contributed by atoms with Gasteiger partial charge in [-0.3, -0.25) is 19.7 Å². The number of fused-ring (bicyclic) bond motifs is 3. The summed E-state index contributed by atoms with van der Waals surface area (Å²) in [5.74, 6) is -1.56. The highest BCUT2D eigenvalue weighted by Crippen LogP contribution is 2.44. The summed E-state index contributed by atoms with van der Waals surface area (Å²) in [7, 11) is 2.99. The summed E-state index contributed by atoms with van der Waals surface area (Å²) in [6.07, 6.45) is -10.6. The Morgan fingerprint density at radius 1 is 1.00 bits per heavy atom. The minimum atomic E-state index is -1.67. The van der Waals surface area contributed by atoms with E-state index < -0.39 is 81.0 Å². The Bertz CT molecular complexity index is 1660. The molecule has 19 heteroatoms. The lowest BCUT2D eigenvalue weighted by Gasteiger charge is -2.33. The highest BCUT2D eigenvalue weighted by atomic mass is 16.7. The van der Waals surface area contributed by atoms with E-state index in [-0.39, 0.29) is 74.6 Å². The van der Waals surface area contributed by atoms with Crippen molar-refractivity contribution in [2.45, 2.75) is 81.2 Å². The summed E-state index contributed by atoms with van der Waals surface area (Å²) < 4.78 is 5.57. The van der Waals surface area contributed by atoms with E-state index in [9.17, 15) is 55.3 Å². The summed E-state index contributed by atoms with van der Waals surface area (Å²) in [6.45, 7) is -0.651. The molecular formula is C40H60N6O13. The van der Waals surface area contributed by atoms with Crippen molar-refractivity contribution in [3.05, 3.63) is 59.7 Å². The molecule has 4 rings (SSSR count). The first-order valence-electron chi connectivity index (χ1n) is 19.8. The number of β-amino-alcohol motifs (C(OH)–C–C–N with tert-alkyl or cyclic N) is 2. The third-order valence-electron chi connectivity index (χ3n) is 10.7. The fourth-order valence-electron chi connectivity index (χ4n) is 7.20. The Morgan fingerprint density at radius 3 is 2.24 bits per heavy atom. The highest BCUT2D eigenvalue weighted by molar-refractivity contribution is 5.92. The molecule has 2 aromatic rings. The predicted octanol–water partition coefficient (Wildman–Crippen LogP) is -1.11. The van der Waals surface area contributed by atoms with Crippen LogP contribution in [0.5, 0.6) is 0 Å². The normalized spacial score (nSPS) is 21.6. The maximum atomic E-state index is 13.5. The maximum absolute atomic E-state index is 13.5. The van der Waals surface area contributed by atoms with E-state index >= 15 is 0 Å². The van der Waals surface area contributed by atoms with E-state index in [1.807, 2.05) is 48.5 Å². The number of ether oxygens (including phenoxy) is 1. The van der Waals surface area contributed by atoms with Crippen molar-refractivity contribution in [3.63, 3.8) is 0 Å². The van der Waals surface area contributed by atoms with Gasteiger partial charge in [-0.25, -0.2) is 4.79 Å². The summed E-state index contributed by atoms with van der Waals surface area (Å²) in [6, 6.07) is 14.4. The third kappa shape index (κ3) is 12.8. The molecule has 2 aromatic carbocycles. The number of carbonyl (C=O) groups is 3. The minimum Gasteiger partial charge on any atom is -0.447 e. The maximum Gasteiger partial charge on any atom is 0.434 e. The van der Waals surface area contributed by atoms with Crippen LogP contribution in [-0.2, 0) is 19.2 Å². The van der Waals surface area contributed by atoms with Crippen LogP contribution in [0.25, 0.3) is 11.1 Å². The first-order chi connectivity index (χ1) is 28.2. The van der Waals surface area contributed by atoms with Gasteiger partial charge in [-0.1, -0.05) is 53.7 Å². The van der Waals surface area contributed by atoms with Gasteiger partial charge >= 0.3 is 6.09 Å². The number of nitrogens with zero attached hydrogens (tertiary/aromatic N) is 5. The molecule has 328 valence electrons. The van der Waals surface area contributed by atoms with Gasteiger partial charge in [0.05, 0.1) is 24.9 Å². The molecule has 0 spiro atoms. The molecule has 0 fully saturated rings. The number of likely N-dealkylation sites (N-methyl/N-ethyl adjacent to an activating group) is 2. The number of carbonyl (C=O) groups excluding carboxylic acids is 3. The number of benzene rings is 2. The van der Waals surface area contributed by atoms with E-state index in [0.29, 0.717) is 6.54 Å². The summed E-state index contributed by atoms with van der Waals surface area (Å²) in [5, 5.41) is 90.9. The van der Waals surface area contributed by atoms with Gasteiger partial charge in [-0.15, -0.1) is 0 Å². The second kappa shape index (κ2) is 22.8. The third-order valence-corrected chi connectivity index (χ3v) is 10.7. The standard InChI is InChI=1S/C40H60N6O13/c1-4-43(2)39(55)30-14-9-17-45(20-33(51)37(54)31(49)15-18-47)21-34(52)38(32(50)16-19-48)59-42-35(44(3)23-36(53)41-30)22-46(57)40(56)58-24-29-27-12-7-5-10-25(27)26-11-6-8-13-28(26)29/h5-8,10-13,29-34,37-38,47-52,54,57H,4,9,14-24H2,1-3H3,(H,41,53). The summed E-state index contributed by atoms with van der Waals surface area (Å²) in [4.78, 5) is 50.0. The summed E-state index contributed by atoms with van der Waals surface area (Å²) >= 11 is 0. The number of hydroxylamine groups is 2. The van der Waals surface area contributed by atoms with E-state index in [1.165, 1.54) is 21.7 Å². The Balaban J connectivity index is 1.60. The number of aliphatic hydroxyl groups is 7. The Labute approximate surface area is 343 Å². The quantitative estimate of drug-likeness (QED) is 0.0761. The summed E-state index contributed by atoms with van der Waals surface area (Å²) in [5.41, 5.74) is 3.91. The monoisotopic (exact) mass is 832 g/mol. The fourth-order valence-corrected chi connectivity index (χ4v) is 7.20. The van der Waals surface area contributed by atoms with Crippen molar-refractivity contribution < 1.29 is 64.9 Å². The van der Waals surface area contributed by atoms with Gasteiger partial charge < -0.3 is 60.4 Å². The second-order valence-corrected chi connectivity index (χ2v) is 15.0. The van der Waals surface area contributed by atoms with Gasteiger partial charge in [-0.2, -0.15) is 5.06 Å². The van der Waals surface area contributed by atoms with Crippen LogP contribution in [0.1, 0.15) is 49.7 Å². The first-order valence-corrected chi connectivity index (χ1v) is 19.8. The number of oxime groups is 1. The molecule has 7 atom stereocenters. The van der Waals surface area contributed by atoms with E-state index in [0.717, 1.165) is 22.3 Å². The van der Waals surface area contributed by atoms with Crippen LogP contribution in [0.2, 0.25) is 0 Å². The molecule has 59 heavy (non-hydrogen) atoms. The van der Waals surface area contributed by atoms with Crippen LogP contribution in [0, 0.1) is 0 Å². The fraction of sp³-hybridized carbons (Fsp3) is 0.600. The zero-order valence-electron chi connectivity index (χ0n) is 33.8. The molecule has 19 nitrogen and oxygen atoms in total. The molecule has 1 aliphatic heterocycles. The Morgan fingerprint density at radius 2 is 1.63 bits per heavy atom. The van der Waals surface area contributed by atoms with Crippen molar-refractivity contribution in [2.24, 2.45) is 5.16 Å². The van der Waals surface area contributed by atoms with Gasteiger partial charge in [0, 0.05) is 59.3 Å². The Hall–Kier alpha value is -4.44. The van der Waals surface area contributed by atoms with Gasteiger partial charge in [0.2, 0.25) is 11.8 Å². The molecule has 1 aliphatic carbocycles. The van der Waals surface area contributed by atoms with Crippen molar-refractivity contribution >= 4 is 23.7 Å². The number of nitrogens with one attached hydrogen (secondary N) is 1. The smallest absolute Gasteiger partial charge is 0.434 e. The largest absolute Gasteiger partial charge is 0.447 e. The van der Waals surface area contributed by atoms with E-state index in [1.54, 1.807) is 14.0 Å². The van der Waals surface area contributed by atoms with Crippen LogP contribution >= 0.6 is 0 Å². The molecule has 3 amide bonds. The predicted molar refractivity (Wildman–Crippen MR) is 213 cm³/mol. The molecule has 7 unspecified atom stereocenters. The van der Waals surface area contributed by atoms with Gasteiger partial charge in [0.1, 0.15) is 31.4 Å². The number of rotatable bonds is 15. The van der Waals surface area contributed by atoms with E-state index in [2.05, 4.69) is 10.5 Å². The van der Waals surface area contributed by atoms with Gasteiger partial charge in [-0.05, 0) is 55.0 Å². The van der Waals surface area contributed by atoms with Crippen LogP contribution < -0.4 is 5.32 Å². The van der Waals surface area contributed by atoms with Crippen molar-refractivity contribution in [1.29, 1.82) is 0 Å². The molecule has 0 radical (unpaired) electrons. The molecule has 2 aliphatic rings.